The van der Waals surface area contributed by atoms with Gasteiger partial charge in [-0.15, -0.1) is 0 Å². The zero-order valence-electron chi connectivity index (χ0n) is 8.16. The molecule has 1 rings (SSSR count). The maximum Gasteiger partial charge on any atom is 0.181 e. The van der Waals surface area contributed by atoms with Crippen molar-refractivity contribution in [2.24, 2.45) is 10.9 Å². The predicted molar refractivity (Wildman–Crippen MR) is 53.6 cm³/mol. The van der Waals surface area contributed by atoms with Crippen LogP contribution in [0.5, 0.6) is 0 Å². The van der Waals surface area contributed by atoms with Gasteiger partial charge in [0.25, 0.3) is 0 Å². The number of hydrogen-bond acceptors (Lipinski definition) is 3. The number of allylic oxidation sites excluding steroid dienone is 1. The van der Waals surface area contributed by atoms with Gasteiger partial charge < -0.3 is 5.32 Å². The number of ketones is 1. The number of unbranched alkanes of at least 4 members (excludes halogenated alkanes) is 1. The third-order valence-electron chi connectivity index (χ3n) is 1.96. The number of carbonyl (C=O) groups is 1. The molecule has 0 saturated heterocycles. The van der Waals surface area contributed by atoms with Crippen LogP contribution < -0.4 is 5.32 Å². The number of carbonyl (C=O) groups excluding carboxylic acids is 1. The van der Waals surface area contributed by atoms with Crippen molar-refractivity contribution in [3.63, 3.8) is 0 Å². The maximum absolute atomic E-state index is 11.2. The molecule has 4 heteroatoms. The van der Waals surface area contributed by atoms with Gasteiger partial charge in [0.2, 0.25) is 0 Å². The van der Waals surface area contributed by atoms with Crippen LogP contribution >= 0.6 is 0 Å². The molecule has 0 amide bonds. The largest absolute Gasteiger partial charge is 0.349 e. The van der Waals surface area contributed by atoms with Crippen LogP contribution in [0.3, 0.4) is 0 Å². The first-order chi connectivity index (χ1) is 6.79. The third-order valence-corrected chi connectivity index (χ3v) is 1.96. The lowest BCUT2D eigenvalue weighted by Gasteiger charge is -2.13. The Bertz CT molecular complexity index is 312. The van der Waals surface area contributed by atoms with E-state index < -0.39 is 5.92 Å². The molecule has 0 saturated carbocycles. The van der Waals surface area contributed by atoms with Crippen molar-refractivity contribution in [3.05, 3.63) is 12.3 Å². The van der Waals surface area contributed by atoms with E-state index in [1.807, 2.05) is 6.07 Å². The van der Waals surface area contributed by atoms with Crippen molar-refractivity contribution < 1.29 is 4.79 Å². The highest BCUT2D eigenvalue weighted by molar-refractivity contribution is 6.13. The molecule has 0 aromatic heterocycles. The van der Waals surface area contributed by atoms with Crippen LogP contribution in [0.1, 0.15) is 19.8 Å². The predicted octanol–water partition coefficient (Wildman–Crippen LogP) is 1.01. The van der Waals surface area contributed by atoms with Crippen LogP contribution in [0, 0.1) is 17.2 Å². The van der Waals surface area contributed by atoms with Gasteiger partial charge in [-0.2, -0.15) is 5.26 Å². The maximum atomic E-state index is 11.2. The highest BCUT2D eigenvalue weighted by Gasteiger charge is 2.24. The van der Waals surface area contributed by atoms with Crippen molar-refractivity contribution >= 4 is 11.6 Å². The van der Waals surface area contributed by atoms with Gasteiger partial charge >= 0.3 is 0 Å². The van der Waals surface area contributed by atoms with Crippen LogP contribution in [0.4, 0.5) is 0 Å². The fraction of sp³-hybridized carbons (Fsp3) is 0.500. The molecule has 1 atom stereocenters. The molecule has 1 N–H and O–H groups in total. The van der Waals surface area contributed by atoms with E-state index in [0.29, 0.717) is 12.4 Å². The molecule has 0 fully saturated rings. The van der Waals surface area contributed by atoms with Gasteiger partial charge in [-0.25, -0.2) is 0 Å². The molecule has 0 aliphatic carbocycles. The Hall–Kier alpha value is -1.63. The summed E-state index contributed by atoms with van der Waals surface area (Å²) in [4.78, 5) is 15.4. The summed E-state index contributed by atoms with van der Waals surface area (Å²) in [5.41, 5.74) is 0. The van der Waals surface area contributed by atoms with E-state index in [0.717, 1.165) is 12.8 Å². The highest BCUT2D eigenvalue weighted by atomic mass is 16.1. The minimum absolute atomic E-state index is 0.193. The normalized spacial score (nSPS) is 23.3. The lowest BCUT2D eigenvalue weighted by molar-refractivity contribution is -0.115. The Morgan fingerprint density at radius 2 is 2.50 bits per heavy atom. The molecule has 1 aliphatic heterocycles. The molecule has 0 bridgehead atoms. The summed E-state index contributed by atoms with van der Waals surface area (Å²) in [6.07, 6.45) is 4.92. The first kappa shape index (κ1) is 10.5. The summed E-state index contributed by atoms with van der Waals surface area (Å²) in [5.74, 6) is -0.452. The van der Waals surface area contributed by atoms with Crippen molar-refractivity contribution in [2.45, 2.75) is 19.8 Å². The number of aliphatic imine (C=N–C) groups is 1. The Morgan fingerprint density at radius 3 is 3.14 bits per heavy atom. The van der Waals surface area contributed by atoms with Crippen molar-refractivity contribution in [1.82, 2.24) is 5.32 Å². The summed E-state index contributed by atoms with van der Waals surface area (Å²) >= 11 is 0. The Morgan fingerprint density at radius 1 is 1.71 bits per heavy atom. The smallest absolute Gasteiger partial charge is 0.181 e. The minimum atomic E-state index is -0.739. The molecule has 74 valence electrons. The van der Waals surface area contributed by atoms with Gasteiger partial charge in [-0.3, -0.25) is 9.79 Å². The van der Waals surface area contributed by atoms with E-state index in [-0.39, 0.29) is 5.78 Å². The molecule has 0 radical (unpaired) electrons. The van der Waals surface area contributed by atoms with Crippen LogP contribution in [0.15, 0.2) is 17.3 Å². The van der Waals surface area contributed by atoms with Crippen molar-refractivity contribution in [1.29, 1.82) is 5.26 Å². The van der Waals surface area contributed by atoms with Crippen LogP contribution in [-0.4, -0.2) is 18.2 Å². The van der Waals surface area contributed by atoms with Crippen molar-refractivity contribution in [2.75, 3.05) is 6.54 Å². The SMILES string of the molecule is CCCCN=C1NC=CC(=O)C1C#N. The Balaban J connectivity index is 2.68. The highest BCUT2D eigenvalue weighted by Crippen LogP contribution is 2.05. The average molecular weight is 191 g/mol. The zero-order chi connectivity index (χ0) is 10.4. The summed E-state index contributed by atoms with van der Waals surface area (Å²) in [6.45, 7) is 2.74. The zero-order valence-corrected chi connectivity index (χ0v) is 8.16. The van der Waals surface area contributed by atoms with E-state index in [9.17, 15) is 4.79 Å². The van der Waals surface area contributed by atoms with Gasteiger partial charge in [-0.1, -0.05) is 13.3 Å². The topological polar surface area (TPSA) is 65.2 Å². The monoisotopic (exact) mass is 191 g/mol. The summed E-state index contributed by atoms with van der Waals surface area (Å²) in [7, 11) is 0. The van der Waals surface area contributed by atoms with E-state index in [4.69, 9.17) is 5.26 Å². The quantitative estimate of drug-likeness (QED) is 0.677. The number of nitrogens with one attached hydrogen (secondary N) is 1. The van der Waals surface area contributed by atoms with Gasteiger partial charge in [-0.05, 0) is 12.5 Å². The van der Waals surface area contributed by atoms with E-state index in [1.54, 1.807) is 0 Å². The lowest BCUT2D eigenvalue weighted by Crippen LogP contribution is -2.35. The Labute approximate surface area is 83.3 Å². The van der Waals surface area contributed by atoms with Crippen molar-refractivity contribution in [3.8, 4) is 6.07 Å². The molecule has 14 heavy (non-hydrogen) atoms. The fourth-order valence-corrected chi connectivity index (χ4v) is 1.14. The van der Waals surface area contributed by atoms with Crippen LogP contribution in [-0.2, 0) is 4.79 Å². The Kier molecular flexibility index (Phi) is 3.86. The molecule has 1 aliphatic rings. The molecule has 1 unspecified atom stereocenters. The molecule has 0 spiro atoms. The summed E-state index contributed by atoms with van der Waals surface area (Å²) in [5, 5.41) is 11.6. The number of hydrogen-bond donors (Lipinski definition) is 1. The second kappa shape index (κ2) is 5.18. The molecule has 0 aromatic carbocycles. The van der Waals surface area contributed by atoms with Gasteiger partial charge in [0.15, 0.2) is 11.7 Å². The molecule has 1 heterocycles. The summed E-state index contributed by atoms with van der Waals surface area (Å²) < 4.78 is 0. The molecular weight excluding hydrogens is 178 g/mol. The van der Waals surface area contributed by atoms with Crippen LogP contribution in [0.2, 0.25) is 0 Å². The van der Waals surface area contributed by atoms with E-state index >= 15 is 0 Å². The van der Waals surface area contributed by atoms with Gasteiger partial charge in [0, 0.05) is 12.7 Å². The van der Waals surface area contributed by atoms with E-state index in [2.05, 4.69) is 17.2 Å². The number of rotatable bonds is 3. The second-order valence-corrected chi connectivity index (χ2v) is 3.06. The van der Waals surface area contributed by atoms with Gasteiger partial charge in [0.05, 0.1) is 6.07 Å². The van der Waals surface area contributed by atoms with E-state index in [1.165, 1.54) is 12.3 Å². The first-order valence-electron chi connectivity index (χ1n) is 4.70. The molecule has 0 aromatic rings. The minimum Gasteiger partial charge on any atom is -0.349 e. The van der Waals surface area contributed by atoms with Crippen LogP contribution in [0.25, 0.3) is 0 Å². The first-order valence-corrected chi connectivity index (χ1v) is 4.70. The summed E-state index contributed by atoms with van der Waals surface area (Å²) in [6, 6.07) is 1.94. The standard InChI is InChI=1S/C10H13N3O/c1-2-3-5-12-10-8(7-11)9(14)4-6-13-10/h4,6,8H,2-3,5H2,1H3,(H,12,13). The average Bonchev–Trinajstić information content (AvgIpc) is 2.18. The number of nitrogens with zero attached hydrogens (tertiary/aromatic N) is 2. The number of amidine groups is 1. The second-order valence-electron chi connectivity index (χ2n) is 3.06. The molecule has 4 nitrogen and oxygen atoms in total. The number of nitriles is 1. The molecular formula is C10H13N3O. The third kappa shape index (κ3) is 2.43. The lowest BCUT2D eigenvalue weighted by atomic mass is 10.0. The fourth-order valence-electron chi connectivity index (χ4n) is 1.14. The van der Waals surface area contributed by atoms with Gasteiger partial charge in [0.1, 0.15) is 5.84 Å².